The molecule has 3 nitrogen and oxygen atoms in total. The lowest BCUT2D eigenvalue weighted by molar-refractivity contribution is 0.0917. The Labute approximate surface area is 112 Å². The molecule has 1 saturated heterocycles. The molecule has 2 heterocycles. The molecule has 1 N–H and O–H groups in total. The number of carbonyl (C=O) groups excluding carboxylic acids is 1. The van der Waals surface area contributed by atoms with Gasteiger partial charge in [-0.3, -0.25) is 4.79 Å². The molecule has 1 aliphatic rings. The summed E-state index contributed by atoms with van der Waals surface area (Å²) in [5, 5.41) is 2.89. The summed E-state index contributed by atoms with van der Waals surface area (Å²) in [7, 11) is 2.06. The van der Waals surface area contributed by atoms with Gasteiger partial charge in [0.1, 0.15) is 10.7 Å². The van der Waals surface area contributed by atoms with Gasteiger partial charge in [0.15, 0.2) is 0 Å². The van der Waals surface area contributed by atoms with E-state index in [1.807, 2.05) is 0 Å². The molecule has 0 bridgehead atoms. The number of nitrogens with zero attached hydrogens (tertiary/aromatic N) is 1. The van der Waals surface area contributed by atoms with Gasteiger partial charge in [0.05, 0.1) is 3.79 Å². The first-order chi connectivity index (χ1) is 8.06. The van der Waals surface area contributed by atoms with Gasteiger partial charge in [0.2, 0.25) is 0 Å². The van der Waals surface area contributed by atoms with Crippen LogP contribution in [0.2, 0.25) is 0 Å². The van der Waals surface area contributed by atoms with Gasteiger partial charge < -0.3 is 10.2 Å². The molecule has 0 atom stereocenters. The van der Waals surface area contributed by atoms with Crippen LogP contribution in [0.25, 0.3) is 0 Å². The lowest BCUT2D eigenvalue weighted by Crippen LogP contribution is -2.43. The Kier molecular flexibility index (Phi) is 4.17. The van der Waals surface area contributed by atoms with Crippen LogP contribution in [0.15, 0.2) is 9.85 Å². The van der Waals surface area contributed by atoms with Crippen molar-refractivity contribution in [3.8, 4) is 0 Å². The molecule has 0 saturated carbocycles. The number of amides is 1. The zero-order chi connectivity index (χ0) is 12.4. The molecule has 1 amide bonds. The number of thiophene rings is 1. The van der Waals surface area contributed by atoms with Crippen molar-refractivity contribution in [2.24, 2.45) is 0 Å². The van der Waals surface area contributed by atoms with Crippen molar-refractivity contribution in [3.63, 3.8) is 0 Å². The van der Waals surface area contributed by atoms with Crippen molar-refractivity contribution >= 4 is 33.2 Å². The van der Waals surface area contributed by atoms with Crippen LogP contribution in [0.1, 0.15) is 22.5 Å². The third-order valence-corrected chi connectivity index (χ3v) is 4.53. The van der Waals surface area contributed by atoms with Gasteiger partial charge >= 0.3 is 0 Å². The Morgan fingerprint density at radius 3 is 2.76 bits per heavy atom. The lowest BCUT2D eigenvalue weighted by Gasteiger charge is -2.29. The highest BCUT2D eigenvalue weighted by Gasteiger charge is 2.22. The first-order valence-corrected chi connectivity index (χ1v) is 7.11. The normalized spacial score (nSPS) is 18.3. The third-order valence-electron chi connectivity index (χ3n) is 2.92. The fourth-order valence-electron chi connectivity index (χ4n) is 1.90. The van der Waals surface area contributed by atoms with Crippen LogP contribution in [-0.2, 0) is 0 Å². The number of likely N-dealkylation sites (tertiary alicyclic amines) is 1. The molecular weight excluding hydrogens is 307 g/mol. The summed E-state index contributed by atoms with van der Waals surface area (Å²) in [5.41, 5.74) is 0. The highest BCUT2D eigenvalue weighted by atomic mass is 79.9. The molecule has 0 aliphatic carbocycles. The summed E-state index contributed by atoms with van der Waals surface area (Å²) >= 11 is 4.31. The lowest BCUT2D eigenvalue weighted by atomic mass is 10.1. The molecule has 0 spiro atoms. The summed E-state index contributed by atoms with van der Waals surface area (Å²) in [6.07, 6.45) is 1.85. The maximum atomic E-state index is 13.4. The number of hydrogen-bond donors (Lipinski definition) is 1. The van der Waals surface area contributed by atoms with Crippen molar-refractivity contribution in [2.75, 3.05) is 20.1 Å². The second kappa shape index (κ2) is 5.46. The predicted octanol–water partition coefficient (Wildman–Crippen LogP) is 2.47. The molecule has 6 heteroatoms. The first-order valence-electron chi connectivity index (χ1n) is 5.50. The van der Waals surface area contributed by atoms with Crippen LogP contribution < -0.4 is 5.32 Å². The van der Waals surface area contributed by atoms with E-state index in [9.17, 15) is 9.18 Å². The van der Waals surface area contributed by atoms with E-state index in [4.69, 9.17) is 0 Å². The minimum atomic E-state index is -0.452. The molecule has 1 aromatic heterocycles. The monoisotopic (exact) mass is 320 g/mol. The number of halogens is 2. The number of piperidine rings is 1. The molecule has 1 fully saturated rings. The van der Waals surface area contributed by atoms with Gasteiger partial charge in [-0.05, 0) is 55.0 Å². The average Bonchev–Trinajstić information content (AvgIpc) is 2.61. The maximum absolute atomic E-state index is 13.4. The van der Waals surface area contributed by atoms with Gasteiger partial charge in [-0.25, -0.2) is 4.39 Å². The van der Waals surface area contributed by atoms with E-state index in [2.05, 4.69) is 33.2 Å². The fourth-order valence-corrected chi connectivity index (χ4v) is 3.25. The van der Waals surface area contributed by atoms with Crippen molar-refractivity contribution in [1.82, 2.24) is 10.2 Å². The Hall–Kier alpha value is -0.460. The molecule has 0 radical (unpaired) electrons. The average molecular weight is 321 g/mol. The maximum Gasteiger partial charge on any atom is 0.264 e. The number of rotatable bonds is 2. The zero-order valence-electron chi connectivity index (χ0n) is 9.50. The number of hydrogen-bond acceptors (Lipinski definition) is 3. The molecule has 0 aromatic carbocycles. The molecular formula is C11H14BrFN2OS. The van der Waals surface area contributed by atoms with Crippen molar-refractivity contribution < 1.29 is 9.18 Å². The number of carbonyl (C=O) groups is 1. The Morgan fingerprint density at radius 1 is 1.59 bits per heavy atom. The van der Waals surface area contributed by atoms with E-state index in [-0.39, 0.29) is 16.8 Å². The summed E-state index contributed by atoms with van der Waals surface area (Å²) < 4.78 is 14.0. The Balaban J connectivity index is 1.95. The smallest absolute Gasteiger partial charge is 0.264 e. The van der Waals surface area contributed by atoms with Crippen LogP contribution in [0.3, 0.4) is 0 Å². The zero-order valence-corrected chi connectivity index (χ0v) is 11.9. The van der Waals surface area contributed by atoms with Gasteiger partial charge in [0.25, 0.3) is 5.91 Å². The summed E-state index contributed by atoms with van der Waals surface area (Å²) in [4.78, 5) is 14.2. The molecule has 1 aliphatic heterocycles. The topological polar surface area (TPSA) is 32.3 Å². The van der Waals surface area contributed by atoms with Crippen molar-refractivity contribution in [2.45, 2.75) is 18.9 Å². The molecule has 17 heavy (non-hydrogen) atoms. The van der Waals surface area contributed by atoms with E-state index < -0.39 is 5.82 Å². The molecule has 0 unspecified atom stereocenters. The van der Waals surface area contributed by atoms with Crippen LogP contribution in [-0.4, -0.2) is 37.0 Å². The fraction of sp³-hybridized carbons (Fsp3) is 0.545. The molecule has 2 rings (SSSR count). The van der Waals surface area contributed by atoms with E-state index in [0.29, 0.717) is 3.79 Å². The van der Waals surface area contributed by atoms with Crippen molar-refractivity contribution in [3.05, 3.63) is 20.5 Å². The Morgan fingerprint density at radius 2 is 2.24 bits per heavy atom. The number of nitrogens with one attached hydrogen (secondary N) is 1. The Bertz CT molecular complexity index is 416. The minimum absolute atomic E-state index is 0.163. The predicted molar refractivity (Wildman–Crippen MR) is 70.0 cm³/mol. The second-order valence-corrected chi connectivity index (χ2v) is 6.71. The highest BCUT2D eigenvalue weighted by Crippen LogP contribution is 2.26. The van der Waals surface area contributed by atoms with Gasteiger partial charge in [-0.15, -0.1) is 11.3 Å². The third kappa shape index (κ3) is 3.26. The SMILES string of the molecule is CN1CCC(NC(=O)c2sc(Br)cc2F)CC1. The first kappa shape index (κ1) is 13.0. The molecule has 94 valence electrons. The second-order valence-electron chi connectivity index (χ2n) is 4.28. The van der Waals surface area contributed by atoms with Crippen molar-refractivity contribution in [1.29, 1.82) is 0 Å². The van der Waals surface area contributed by atoms with E-state index >= 15 is 0 Å². The summed E-state index contributed by atoms with van der Waals surface area (Å²) in [5.74, 6) is -0.750. The van der Waals surface area contributed by atoms with Crippen LogP contribution in [0.5, 0.6) is 0 Å². The minimum Gasteiger partial charge on any atom is -0.348 e. The summed E-state index contributed by atoms with van der Waals surface area (Å²) in [6.45, 7) is 1.95. The quantitative estimate of drug-likeness (QED) is 0.908. The highest BCUT2D eigenvalue weighted by molar-refractivity contribution is 9.11. The van der Waals surface area contributed by atoms with Gasteiger partial charge in [-0.1, -0.05) is 0 Å². The van der Waals surface area contributed by atoms with Crippen LogP contribution in [0.4, 0.5) is 4.39 Å². The van der Waals surface area contributed by atoms with Gasteiger partial charge in [-0.2, -0.15) is 0 Å². The van der Waals surface area contributed by atoms with Crippen LogP contribution >= 0.6 is 27.3 Å². The largest absolute Gasteiger partial charge is 0.348 e. The molecule has 1 aromatic rings. The summed E-state index contributed by atoms with van der Waals surface area (Å²) in [6, 6.07) is 1.49. The van der Waals surface area contributed by atoms with Gasteiger partial charge in [0, 0.05) is 6.04 Å². The van der Waals surface area contributed by atoms with E-state index in [0.717, 1.165) is 37.3 Å². The van der Waals surface area contributed by atoms with E-state index in [1.54, 1.807) is 0 Å². The van der Waals surface area contributed by atoms with E-state index in [1.165, 1.54) is 6.07 Å². The van der Waals surface area contributed by atoms with Crippen LogP contribution in [0, 0.1) is 5.82 Å². The standard InChI is InChI=1S/C11H14BrFN2OS/c1-15-4-2-7(3-5-15)14-11(16)10-8(13)6-9(12)17-10/h6-7H,2-5H2,1H3,(H,14,16).